The van der Waals surface area contributed by atoms with E-state index in [1.54, 1.807) is 6.07 Å². The van der Waals surface area contributed by atoms with Gasteiger partial charge >= 0.3 is 0 Å². The number of thioether (sulfide) groups is 1. The number of amides is 1. The molecule has 0 saturated heterocycles. The van der Waals surface area contributed by atoms with Gasteiger partial charge in [0.15, 0.2) is 0 Å². The van der Waals surface area contributed by atoms with E-state index >= 15 is 0 Å². The van der Waals surface area contributed by atoms with E-state index in [0.29, 0.717) is 10.9 Å². The predicted octanol–water partition coefficient (Wildman–Crippen LogP) is 2.81. The number of anilines is 1. The summed E-state index contributed by atoms with van der Waals surface area (Å²) in [6, 6.07) is 4.31. The minimum Gasteiger partial charge on any atom is -0.399 e. The molecule has 0 radical (unpaired) electrons. The Kier molecular flexibility index (Phi) is 4.69. The molecule has 1 amide bonds. The first kappa shape index (κ1) is 14.2. The SMILES string of the molecule is CSC1CCCC(NC(=O)c2ccc(N)cc2F)C1. The van der Waals surface area contributed by atoms with Crippen LogP contribution in [0.1, 0.15) is 36.0 Å². The van der Waals surface area contributed by atoms with Crippen LogP contribution >= 0.6 is 11.8 Å². The predicted molar refractivity (Wildman–Crippen MR) is 77.8 cm³/mol. The fourth-order valence-corrected chi connectivity index (χ4v) is 3.30. The summed E-state index contributed by atoms with van der Waals surface area (Å²) in [5.41, 5.74) is 5.87. The molecule has 1 aromatic rings. The van der Waals surface area contributed by atoms with Crippen molar-refractivity contribution in [2.75, 3.05) is 12.0 Å². The van der Waals surface area contributed by atoms with Crippen LogP contribution in [0, 0.1) is 5.82 Å². The van der Waals surface area contributed by atoms with Crippen molar-refractivity contribution in [3.05, 3.63) is 29.6 Å². The number of carbonyl (C=O) groups is 1. The van der Waals surface area contributed by atoms with E-state index in [1.807, 2.05) is 11.8 Å². The van der Waals surface area contributed by atoms with Crippen molar-refractivity contribution in [3.63, 3.8) is 0 Å². The van der Waals surface area contributed by atoms with Gasteiger partial charge in [0.2, 0.25) is 0 Å². The quantitative estimate of drug-likeness (QED) is 0.838. The molecule has 2 atom stereocenters. The molecule has 1 aliphatic carbocycles. The molecule has 19 heavy (non-hydrogen) atoms. The summed E-state index contributed by atoms with van der Waals surface area (Å²) >= 11 is 1.84. The Balaban J connectivity index is 2.00. The Labute approximate surface area is 117 Å². The van der Waals surface area contributed by atoms with Gasteiger partial charge in [0.25, 0.3) is 5.91 Å². The first-order valence-corrected chi connectivity index (χ1v) is 7.77. The third kappa shape index (κ3) is 3.62. The highest BCUT2D eigenvalue weighted by Gasteiger charge is 2.23. The minimum atomic E-state index is -0.560. The summed E-state index contributed by atoms with van der Waals surface area (Å²) in [6.07, 6.45) is 6.34. The summed E-state index contributed by atoms with van der Waals surface area (Å²) in [4.78, 5) is 12.0. The maximum atomic E-state index is 13.7. The Morgan fingerprint density at radius 1 is 1.47 bits per heavy atom. The summed E-state index contributed by atoms with van der Waals surface area (Å²) in [6.45, 7) is 0. The van der Waals surface area contributed by atoms with E-state index in [4.69, 9.17) is 5.73 Å². The van der Waals surface area contributed by atoms with Crippen LogP contribution in [0.3, 0.4) is 0 Å². The lowest BCUT2D eigenvalue weighted by molar-refractivity contribution is 0.0924. The smallest absolute Gasteiger partial charge is 0.254 e. The molecule has 0 spiro atoms. The van der Waals surface area contributed by atoms with Crippen LogP contribution in [0.2, 0.25) is 0 Å². The topological polar surface area (TPSA) is 55.1 Å². The molecule has 0 aliphatic heterocycles. The van der Waals surface area contributed by atoms with E-state index < -0.39 is 5.82 Å². The maximum absolute atomic E-state index is 13.7. The van der Waals surface area contributed by atoms with Crippen LogP contribution in [0.4, 0.5) is 10.1 Å². The molecule has 1 aliphatic rings. The molecule has 0 heterocycles. The lowest BCUT2D eigenvalue weighted by Gasteiger charge is -2.28. The molecule has 104 valence electrons. The van der Waals surface area contributed by atoms with Crippen molar-refractivity contribution in [1.82, 2.24) is 5.32 Å². The number of nitrogen functional groups attached to an aromatic ring is 1. The summed E-state index contributed by atoms with van der Waals surface area (Å²) in [7, 11) is 0. The molecule has 2 unspecified atom stereocenters. The molecule has 0 aromatic heterocycles. The first-order chi connectivity index (χ1) is 9.10. The molecule has 1 fully saturated rings. The van der Waals surface area contributed by atoms with Gasteiger partial charge in [-0.25, -0.2) is 4.39 Å². The van der Waals surface area contributed by atoms with Gasteiger partial charge in [0.05, 0.1) is 5.56 Å². The maximum Gasteiger partial charge on any atom is 0.254 e. The lowest BCUT2D eigenvalue weighted by atomic mass is 9.94. The van der Waals surface area contributed by atoms with Crippen LogP contribution < -0.4 is 11.1 Å². The molecule has 5 heteroatoms. The van der Waals surface area contributed by atoms with Crippen molar-refractivity contribution in [3.8, 4) is 0 Å². The summed E-state index contributed by atoms with van der Waals surface area (Å²) in [5, 5.41) is 3.52. The highest BCUT2D eigenvalue weighted by atomic mass is 32.2. The van der Waals surface area contributed by atoms with Gasteiger partial charge in [-0.05, 0) is 43.7 Å². The zero-order valence-electron chi connectivity index (χ0n) is 11.0. The second-order valence-electron chi connectivity index (χ2n) is 4.93. The van der Waals surface area contributed by atoms with E-state index in [9.17, 15) is 9.18 Å². The summed E-state index contributed by atoms with van der Waals surface area (Å²) in [5.74, 6) is -0.904. The van der Waals surface area contributed by atoms with Gasteiger partial charge in [0.1, 0.15) is 5.82 Å². The van der Waals surface area contributed by atoms with Crippen molar-refractivity contribution in [2.24, 2.45) is 0 Å². The standard InChI is InChI=1S/C14H19FN2OS/c1-19-11-4-2-3-10(8-11)17-14(18)12-6-5-9(16)7-13(12)15/h5-7,10-11H,2-4,8,16H2,1H3,(H,17,18). The van der Waals surface area contributed by atoms with Crippen molar-refractivity contribution < 1.29 is 9.18 Å². The zero-order chi connectivity index (χ0) is 13.8. The third-order valence-corrected chi connectivity index (χ3v) is 4.63. The fourth-order valence-electron chi connectivity index (χ4n) is 2.47. The van der Waals surface area contributed by atoms with Crippen molar-refractivity contribution >= 4 is 23.4 Å². The van der Waals surface area contributed by atoms with Crippen LogP contribution in [0.25, 0.3) is 0 Å². The van der Waals surface area contributed by atoms with Gasteiger partial charge in [0, 0.05) is 17.0 Å². The average Bonchev–Trinajstić information content (AvgIpc) is 2.38. The highest BCUT2D eigenvalue weighted by Crippen LogP contribution is 2.27. The molecule has 3 N–H and O–H groups in total. The molecule has 1 aromatic carbocycles. The lowest BCUT2D eigenvalue weighted by Crippen LogP contribution is -2.39. The Morgan fingerprint density at radius 2 is 2.26 bits per heavy atom. The summed E-state index contributed by atoms with van der Waals surface area (Å²) < 4.78 is 13.7. The van der Waals surface area contributed by atoms with E-state index in [-0.39, 0.29) is 17.5 Å². The minimum absolute atomic E-state index is 0.0699. The number of hydrogen-bond acceptors (Lipinski definition) is 3. The van der Waals surface area contributed by atoms with Crippen LogP contribution in [-0.2, 0) is 0 Å². The molecular formula is C14H19FN2OS. The van der Waals surface area contributed by atoms with Gasteiger partial charge in [-0.3, -0.25) is 4.79 Å². The largest absolute Gasteiger partial charge is 0.399 e. The van der Waals surface area contributed by atoms with Crippen LogP contribution in [0.15, 0.2) is 18.2 Å². The van der Waals surface area contributed by atoms with Gasteiger partial charge < -0.3 is 11.1 Å². The van der Waals surface area contributed by atoms with Gasteiger partial charge in [-0.2, -0.15) is 11.8 Å². The highest BCUT2D eigenvalue weighted by molar-refractivity contribution is 7.99. The fraction of sp³-hybridized carbons (Fsp3) is 0.500. The number of rotatable bonds is 3. The number of benzene rings is 1. The van der Waals surface area contributed by atoms with E-state index in [0.717, 1.165) is 19.3 Å². The van der Waals surface area contributed by atoms with Crippen LogP contribution in [-0.4, -0.2) is 23.5 Å². The number of halogens is 1. The van der Waals surface area contributed by atoms with Crippen molar-refractivity contribution in [1.29, 1.82) is 0 Å². The van der Waals surface area contributed by atoms with Gasteiger partial charge in [-0.15, -0.1) is 0 Å². The Hall–Kier alpha value is -1.23. The monoisotopic (exact) mass is 282 g/mol. The average molecular weight is 282 g/mol. The number of hydrogen-bond donors (Lipinski definition) is 2. The Bertz CT molecular complexity index is 467. The second kappa shape index (κ2) is 6.28. The normalized spacial score (nSPS) is 23.1. The van der Waals surface area contributed by atoms with E-state index in [1.165, 1.54) is 18.6 Å². The van der Waals surface area contributed by atoms with E-state index in [2.05, 4.69) is 11.6 Å². The molecule has 0 bridgehead atoms. The zero-order valence-corrected chi connectivity index (χ0v) is 11.8. The second-order valence-corrected chi connectivity index (χ2v) is 6.07. The molecule has 3 nitrogen and oxygen atoms in total. The molecular weight excluding hydrogens is 263 g/mol. The third-order valence-electron chi connectivity index (χ3n) is 3.53. The van der Waals surface area contributed by atoms with Crippen LogP contribution in [0.5, 0.6) is 0 Å². The Morgan fingerprint density at radius 3 is 2.95 bits per heavy atom. The first-order valence-electron chi connectivity index (χ1n) is 6.49. The molecule has 1 saturated carbocycles. The number of carbonyl (C=O) groups excluding carboxylic acids is 1. The molecule has 2 rings (SSSR count). The number of nitrogens with one attached hydrogen (secondary N) is 1. The number of nitrogens with two attached hydrogens (primary N) is 1. The van der Waals surface area contributed by atoms with Crippen molar-refractivity contribution in [2.45, 2.75) is 37.0 Å². The van der Waals surface area contributed by atoms with Gasteiger partial charge in [-0.1, -0.05) is 6.42 Å².